The van der Waals surface area contributed by atoms with Crippen LogP contribution in [0.15, 0.2) is 162 Å². The molecule has 0 aliphatic rings. The van der Waals surface area contributed by atoms with Crippen LogP contribution in [0, 0.1) is 38.2 Å². The second-order valence-corrected chi connectivity index (χ2v) is 26.4. The minimum atomic E-state index is -2.23. The summed E-state index contributed by atoms with van der Waals surface area (Å²) in [6.45, 7) is 7.83. The number of para-hydroxylation sites is 3. The number of halogens is 7. The number of hydrogen-bond acceptors (Lipinski definition) is 21. The number of nitrogens with zero attached hydrogens (tertiary/aromatic N) is 14. The van der Waals surface area contributed by atoms with Gasteiger partial charge in [-0.1, -0.05) is 71.2 Å². The van der Waals surface area contributed by atoms with E-state index in [-0.39, 0.29) is 63.0 Å². The number of carbonyl (C=O) groups is 3. The number of rotatable bonds is 24. The number of aryl methyl sites for hydroxylation is 6. The van der Waals surface area contributed by atoms with Crippen molar-refractivity contribution < 1.29 is 67.6 Å². The molecule has 8 heterocycles. The number of fused-ring (bicyclic) bond motifs is 3. The fourth-order valence-corrected chi connectivity index (χ4v) is 13.0. The third-order valence-electron chi connectivity index (χ3n) is 17.3. The summed E-state index contributed by atoms with van der Waals surface area (Å²) in [6.07, 6.45) is 7.36. The van der Waals surface area contributed by atoms with Crippen molar-refractivity contribution in [3.05, 3.63) is 248 Å². The van der Waals surface area contributed by atoms with Gasteiger partial charge in [-0.05, 0) is 131 Å². The zero-order chi connectivity index (χ0) is 81.4. The van der Waals surface area contributed by atoms with Crippen LogP contribution in [0.5, 0.6) is 17.2 Å². The van der Waals surface area contributed by atoms with Crippen LogP contribution in [0.2, 0.25) is 15.1 Å². The lowest BCUT2D eigenvalue weighted by molar-refractivity contribution is -0.132. The second kappa shape index (κ2) is 35.2. The highest BCUT2D eigenvalue weighted by atomic mass is 35.5. The molecule has 576 valence electrons. The van der Waals surface area contributed by atoms with Crippen LogP contribution >= 0.6 is 34.8 Å². The number of aromatic nitrogens is 14. The largest absolute Gasteiger partial charge is 0.487 e. The van der Waals surface area contributed by atoms with Crippen LogP contribution in [0.25, 0.3) is 66.9 Å². The van der Waals surface area contributed by atoms with Gasteiger partial charge in [0.2, 0.25) is 5.91 Å². The number of aliphatic hydroxyl groups is 1. The van der Waals surface area contributed by atoms with Gasteiger partial charge in [0.1, 0.15) is 109 Å². The summed E-state index contributed by atoms with van der Waals surface area (Å²) >= 11 is 19.2. The lowest BCUT2D eigenvalue weighted by Gasteiger charge is -2.22. The molecule has 3 amide bonds. The van der Waals surface area contributed by atoms with Gasteiger partial charge in [0.15, 0.2) is 48.0 Å². The van der Waals surface area contributed by atoms with Gasteiger partial charge in [-0.15, -0.1) is 0 Å². The average Bonchev–Trinajstić information content (AvgIpc) is 0.987. The molecule has 0 saturated carbocycles. The highest BCUT2D eigenvalue weighted by Crippen LogP contribution is 2.39. The van der Waals surface area contributed by atoms with E-state index in [1.807, 2.05) is 89.5 Å². The quantitative estimate of drug-likeness (QED) is 0.0408. The molecule has 0 saturated heterocycles. The Hall–Kier alpha value is -12.3. The lowest BCUT2D eigenvalue weighted by atomic mass is 10.0. The summed E-state index contributed by atoms with van der Waals surface area (Å²) in [5.41, 5.74) is 8.11. The standard InChI is InChI=1S/C26H26ClF2N5O4.2C26H22ClFN6O3/c1-14-7-19(26-30-13-31-34(26)3)17-5-4-6-23(25(17)32-14)38-11-20-18(8-16(29)9-21(20)27)22(10-35)33-24(36)12-37-15(2)28;2*1-14-7-19(25-29-12-31-34(25)3)17-5-4-6-23(24(17)32-14)37-10-20-18(8-16(28)9-21(20)27)15(2)33-26(35)22-11-36-13-30-22/h4-9,13,15,22,35H,10-12H2,1-3H3,(H,33,36);2*4-9,11-13,15H,10H2,1-3H3,(H,33,35)/t15?,22-;2*15-/m000/s1/i22D;15D;. The van der Waals surface area contributed by atoms with Crippen LogP contribution < -0.4 is 30.2 Å². The summed E-state index contributed by atoms with van der Waals surface area (Å²) in [5, 5.41) is 32.6. The van der Waals surface area contributed by atoms with E-state index in [4.69, 9.17) is 65.6 Å². The van der Waals surface area contributed by atoms with Gasteiger partial charge in [-0.25, -0.2) is 71.5 Å². The molecule has 0 bridgehead atoms. The molecular weight excluding hydrogens is 1520 g/mol. The number of hydrogen-bond donors (Lipinski definition) is 4. The monoisotopic (exact) mass is 1590 g/mol. The molecule has 1 unspecified atom stereocenters. The molecule has 14 rings (SSSR count). The number of aliphatic hydroxyl groups excluding tert-OH is 1. The molecule has 4 N–H and O–H groups in total. The minimum Gasteiger partial charge on any atom is -0.487 e. The Morgan fingerprint density at radius 3 is 1.27 bits per heavy atom. The Morgan fingerprint density at radius 1 is 0.527 bits per heavy atom. The van der Waals surface area contributed by atoms with E-state index in [9.17, 15) is 37.1 Å². The van der Waals surface area contributed by atoms with Crippen molar-refractivity contribution in [1.29, 1.82) is 0 Å². The van der Waals surface area contributed by atoms with Gasteiger partial charge < -0.3 is 48.8 Å². The van der Waals surface area contributed by atoms with E-state index in [1.165, 1.54) is 44.3 Å². The minimum absolute atomic E-state index is 0.0142. The fourth-order valence-electron chi connectivity index (χ4n) is 12.2. The van der Waals surface area contributed by atoms with Crippen molar-refractivity contribution >= 4 is 85.2 Å². The molecule has 0 spiro atoms. The topological polar surface area (TPSA) is 327 Å². The first-order valence-electron chi connectivity index (χ1n) is 35.1. The molecule has 0 aliphatic carbocycles. The van der Waals surface area contributed by atoms with E-state index < -0.39 is 72.8 Å². The fraction of sp³-hybridized carbons (Fsp3) is 0.231. The number of pyridine rings is 3. The summed E-state index contributed by atoms with van der Waals surface area (Å²) in [4.78, 5) is 72.0. The number of oxazole rings is 2. The molecule has 0 aliphatic heterocycles. The third-order valence-corrected chi connectivity index (χ3v) is 18.4. The summed E-state index contributed by atoms with van der Waals surface area (Å²) in [6, 6.07) is 24.5. The highest BCUT2D eigenvalue weighted by molar-refractivity contribution is 6.32. The lowest BCUT2D eigenvalue weighted by Crippen LogP contribution is -2.35. The number of ether oxygens (including phenoxy) is 4. The van der Waals surface area contributed by atoms with E-state index in [2.05, 4.69) is 70.9 Å². The highest BCUT2D eigenvalue weighted by Gasteiger charge is 2.27. The zero-order valence-corrected chi connectivity index (χ0v) is 63.4. The molecule has 8 aromatic heterocycles. The molecule has 0 radical (unpaired) electrons. The molecule has 34 heteroatoms. The van der Waals surface area contributed by atoms with E-state index in [0.717, 1.165) is 94.5 Å². The van der Waals surface area contributed by atoms with Crippen LogP contribution in [0.1, 0.15) is 113 Å². The van der Waals surface area contributed by atoms with Crippen LogP contribution in [0.4, 0.5) is 17.6 Å². The van der Waals surface area contributed by atoms with Crippen molar-refractivity contribution in [3.8, 4) is 51.4 Å². The smallest absolute Gasteiger partial charge is 0.273 e. The third kappa shape index (κ3) is 18.3. The Morgan fingerprint density at radius 2 is 0.902 bits per heavy atom. The van der Waals surface area contributed by atoms with E-state index in [0.29, 0.717) is 73.7 Å². The van der Waals surface area contributed by atoms with Gasteiger partial charge in [-0.3, -0.25) is 14.4 Å². The maximum absolute atomic E-state index is 14.4. The van der Waals surface area contributed by atoms with Gasteiger partial charge in [0.05, 0.1) is 42.5 Å². The van der Waals surface area contributed by atoms with Crippen LogP contribution in [0.3, 0.4) is 0 Å². The number of benzene rings is 6. The molecular formula is C78H70Cl3F4N17O10. The van der Waals surface area contributed by atoms with Crippen molar-refractivity contribution in [1.82, 2.24) is 85.2 Å². The SMILES string of the molecule is Cc1cc(-c2ncnn2C)c2cccc(OCc3c(Cl)cc(F)cc3[C@H](C)NC(=O)c3cocn3)c2n1.[2H][C@@](C)(NC(=O)c1cocn1)c1cc(F)cc(Cl)c1COc1cccc2c(-c3ncnn3C)cc(C)nc12.[2H][C@@](CO)(NC(=O)COC(C)F)c1cc(F)cc(Cl)c1COc1cccc2c(-c3ncnn3C)cc(C)nc12. The number of carbonyl (C=O) groups excluding carboxylic acids is 3. The van der Waals surface area contributed by atoms with Gasteiger partial charge in [-0.2, -0.15) is 15.3 Å². The Balaban J connectivity index is 0.000000158. The molecule has 0 fully saturated rings. The predicted octanol–water partition coefficient (Wildman–Crippen LogP) is 14.6. The molecule has 14 aromatic rings. The summed E-state index contributed by atoms with van der Waals surface area (Å²) in [5.74, 6) is -0.608. The first-order valence-corrected chi connectivity index (χ1v) is 35.3. The maximum atomic E-state index is 14.4. The number of nitrogens with one attached hydrogen (secondary N) is 3. The van der Waals surface area contributed by atoms with Gasteiger partial charge in [0.25, 0.3) is 11.8 Å². The van der Waals surface area contributed by atoms with Crippen LogP contribution in [-0.4, -0.2) is 112 Å². The molecule has 6 aromatic carbocycles. The van der Waals surface area contributed by atoms with E-state index in [1.54, 1.807) is 46.2 Å². The van der Waals surface area contributed by atoms with Crippen molar-refractivity contribution in [3.63, 3.8) is 0 Å². The summed E-state index contributed by atoms with van der Waals surface area (Å²) in [7, 11) is 5.41. The van der Waals surface area contributed by atoms with Gasteiger partial charge in [0, 0.05) is 87.8 Å². The van der Waals surface area contributed by atoms with Crippen molar-refractivity contribution in [2.75, 3.05) is 13.2 Å². The van der Waals surface area contributed by atoms with Crippen LogP contribution in [-0.2, 0) is 50.5 Å². The second-order valence-electron chi connectivity index (χ2n) is 25.2. The first-order chi connectivity index (χ1) is 54.5. The number of amides is 3. The maximum Gasteiger partial charge on any atom is 0.273 e. The molecule has 27 nitrogen and oxygen atoms in total. The Kier molecular flexibility index (Phi) is 24.0. The molecule has 4 atom stereocenters. The Labute approximate surface area is 654 Å². The zero-order valence-electron chi connectivity index (χ0n) is 63.2. The van der Waals surface area contributed by atoms with Crippen molar-refractivity contribution in [2.24, 2.45) is 21.1 Å². The molecule has 112 heavy (non-hydrogen) atoms. The van der Waals surface area contributed by atoms with E-state index >= 15 is 0 Å². The number of alkyl halides is 1. The normalized spacial score (nSPS) is 13.2. The van der Waals surface area contributed by atoms with Crippen molar-refractivity contribution in [2.45, 2.75) is 85.8 Å². The first kappa shape index (κ1) is 76.5. The predicted molar refractivity (Wildman–Crippen MR) is 406 cm³/mol. The average molecular weight is 1590 g/mol. The summed E-state index contributed by atoms with van der Waals surface area (Å²) < 4.78 is 111. The van der Waals surface area contributed by atoms with Gasteiger partial charge >= 0.3 is 0 Å². The Bertz CT molecular complexity index is 5900.